The second-order valence-corrected chi connectivity index (χ2v) is 5.78. The molecule has 18 heavy (non-hydrogen) atoms. The van der Waals surface area contributed by atoms with E-state index in [2.05, 4.69) is 15.2 Å². The minimum atomic E-state index is -0.566. The van der Waals surface area contributed by atoms with E-state index in [-0.39, 0.29) is 0 Å². The minimum absolute atomic E-state index is 0.533. The van der Waals surface area contributed by atoms with Crippen molar-refractivity contribution in [2.24, 2.45) is 0 Å². The quantitative estimate of drug-likeness (QED) is 0.924. The van der Waals surface area contributed by atoms with Crippen LogP contribution in [0.3, 0.4) is 0 Å². The zero-order chi connectivity index (χ0) is 13.3. The first-order valence-corrected chi connectivity index (χ1v) is 6.71. The number of thiazole rings is 1. The van der Waals surface area contributed by atoms with Crippen LogP contribution in [-0.2, 0) is 6.42 Å². The predicted octanol–water partition coefficient (Wildman–Crippen LogP) is 2.44. The molecule has 2 rings (SSSR count). The number of aromatic nitrogens is 3. The average Bonchev–Trinajstić information content (AvgIpc) is 2.61. The summed E-state index contributed by atoms with van der Waals surface area (Å²) in [7, 11) is 0. The third-order valence-corrected chi connectivity index (χ3v) is 4.03. The van der Waals surface area contributed by atoms with Crippen molar-refractivity contribution in [3.63, 3.8) is 0 Å². The second-order valence-electron chi connectivity index (χ2n) is 4.50. The van der Waals surface area contributed by atoms with E-state index in [9.17, 15) is 5.11 Å². The number of aliphatic hydroxyl groups excluding tert-OH is 1. The Labute approximate surface area is 111 Å². The van der Waals surface area contributed by atoms with Gasteiger partial charge in [0.1, 0.15) is 0 Å². The van der Waals surface area contributed by atoms with Crippen LogP contribution >= 0.6 is 11.3 Å². The lowest BCUT2D eigenvalue weighted by Crippen LogP contribution is -2.07. The summed E-state index contributed by atoms with van der Waals surface area (Å²) in [4.78, 5) is 5.66. The highest BCUT2D eigenvalue weighted by Gasteiger charge is 2.15. The van der Waals surface area contributed by atoms with Crippen molar-refractivity contribution in [1.29, 1.82) is 0 Å². The third-order valence-electron chi connectivity index (χ3n) is 2.94. The van der Waals surface area contributed by atoms with Gasteiger partial charge in [0.2, 0.25) is 0 Å². The maximum atomic E-state index is 10.3. The number of aliphatic hydroxyl groups is 1. The first-order chi connectivity index (χ1) is 8.47. The number of aryl methyl sites for hydroxylation is 4. The average molecular weight is 263 g/mol. The van der Waals surface area contributed by atoms with E-state index < -0.39 is 6.10 Å². The van der Waals surface area contributed by atoms with E-state index in [1.165, 1.54) is 4.88 Å². The van der Waals surface area contributed by atoms with Gasteiger partial charge >= 0.3 is 0 Å². The number of hydrogen-bond donors (Lipinski definition) is 1. The van der Waals surface area contributed by atoms with Crippen LogP contribution in [0.15, 0.2) is 6.07 Å². The largest absolute Gasteiger partial charge is 0.388 e. The number of nitrogens with zero attached hydrogens (tertiary/aromatic N) is 3. The Morgan fingerprint density at radius 2 is 1.89 bits per heavy atom. The van der Waals surface area contributed by atoms with E-state index in [0.717, 1.165) is 27.7 Å². The molecule has 1 unspecified atom stereocenters. The summed E-state index contributed by atoms with van der Waals surface area (Å²) in [5, 5.41) is 19.3. The summed E-state index contributed by atoms with van der Waals surface area (Å²) in [5.41, 5.74) is 3.48. The van der Waals surface area contributed by atoms with Crippen LogP contribution in [0.2, 0.25) is 0 Å². The SMILES string of the molecule is Cc1cc(C(O)Cc2nc(C)c(C)s2)c(C)nn1. The van der Waals surface area contributed by atoms with Gasteiger partial charge in [0.25, 0.3) is 0 Å². The second kappa shape index (κ2) is 5.12. The summed E-state index contributed by atoms with van der Waals surface area (Å²) in [6.07, 6.45) is -0.0325. The summed E-state index contributed by atoms with van der Waals surface area (Å²) >= 11 is 1.64. The van der Waals surface area contributed by atoms with E-state index >= 15 is 0 Å². The van der Waals surface area contributed by atoms with Crippen molar-refractivity contribution in [1.82, 2.24) is 15.2 Å². The minimum Gasteiger partial charge on any atom is -0.388 e. The van der Waals surface area contributed by atoms with E-state index in [1.54, 1.807) is 11.3 Å². The predicted molar refractivity (Wildman–Crippen MR) is 71.8 cm³/mol. The molecule has 0 saturated heterocycles. The highest BCUT2D eigenvalue weighted by molar-refractivity contribution is 7.11. The Morgan fingerprint density at radius 3 is 2.50 bits per heavy atom. The van der Waals surface area contributed by atoms with Crippen molar-refractivity contribution in [3.05, 3.63) is 38.6 Å². The molecule has 0 aromatic carbocycles. The molecule has 1 N–H and O–H groups in total. The highest BCUT2D eigenvalue weighted by atomic mass is 32.1. The van der Waals surface area contributed by atoms with Crippen LogP contribution in [0, 0.1) is 27.7 Å². The van der Waals surface area contributed by atoms with Gasteiger partial charge in [-0.15, -0.1) is 11.3 Å². The van der Waals surface area contributed by atoms with E-state index in [4.69, 9.17) is 0 Å². The smallest absolute Gasteiger partial charge is 0.0960 e. The van der Waals surface area contributed by atoms with Crippen LogP contribution < -0.4 is 0 Å². The number of rotatable bonds is 3. The Balaban J connectivity index is 2.21. The molecular weight excluding hydrogens is 246 g/mol. The lowest BCUT2D eigenvalue weighted by Gasteiger charge is -2.11. The first kappa shape index (κ1) is 13.1. The Hall–Kier alpha value is -1.33. The molecule has 2 aromatic heterocycles. The van der Waals surface area contributed by atoms with E-state index in [1.807, 2.05) is 33.8 Å². The molecule has 2 aromatic rings. The summed E-state index contributed by atoms with van der Waals surface area (Å²) in [5.74, 6) is 0. The van der Waals surface area contributed by atoms with Crippen LogP contribution in [0.1, 0.15) is 38.6 Å². The molecule has 0 aliphatic carbocycles. The zero-order valence-corrected chi connectivity index (χ0v) is 11.9. The van der Waals surface area contributed by atoms with Gasteiger partial charge in [-0.3, -0.25) is 0 Å². The van der Waals surface area contributed by atoms with Gasteiger partial charge in [0, 0.05) is 16.9 Å². The van der Waals surface area contributed by atoms with Crippen LogP contribution in [0.5, 0.6) is 0 Å². The molecule has 0 fully saturated rings. The van der Waals surface area contributed by atoms with Crippen LogP contribution in [-0.4, -0.2) is 20.3 Å². The molecule has 4 nitrogen and oxygen atoms in total. The van der Waals surface area contributed by atoms with Gasteiger partial charge in [-0.25, -0.2) is 4.98 Å². The molecule has 0 amide bonds. The third kappa shape index (κ3) is 2.73. The molecule has 5 heteroatoms. The molecule has 0 spiro atoms. The fourth-order valence-corrected chi connectivity index (χ4v) is 2.78. The van der Waals surface area contributed by atoms with Crippen molar-refractivity contribution in [3.8, 4) is 0 Å². The van der Waals surface area contributed by atoms with Gasteiger partial charge in [-0.2, -0.15) is 10.2 Å². The molecule has 2 heterocycles. The van der Waals surface area contributed by atoms with Crippen molar-refractivity contribution >= 4 is 11.3 Å². The van der Waals surface area contributed by atoms with E-state index in [0.29, 0.717) is 6.42 Å². The van der Waals surface area contributed by atoms with Gasteiger partial charge in [-0.05, 0) is 33.8 Å². The molecule has 0 aliphatic rings. The zero-order valence-electron chi connectivity index (χ0n) is 11.1. The number of hydrogen-bond acceptors (Lipinski definition) is 5. The van der Waals surface area contributed by atoms with Crippen molar-refractivity contribution in [2.45, 2.75) is 40.2 Å². The maximum absolute atomic E-state index is 10.3. The highest BCUT2D eigenvalue weighted by Crippen LogP contribution is 2.24. The fraction of sp³-hybridized carbons (Fsp3) is 0.462. The monoisotopic (exact) mass is 263 g/mol. The summed E-state index contributed by atoms with van der Waals surface area (Å²) in [6, 6.07) is 1.89. The summed E-state index contributed by atoms with van der Waals surface area (Å²) in [6.45, 7) is 7.78. The van der Waals surface area contributed by atoms with Gasteiger partial charge in [0.15, 0.2) is 0 Å². The Morgan fingerprint density at radius 1 is 1.17 bits per heavy atom. The van der Waals surface area contributed by atoms with Gasteiger partial charge < -0.3 is 5.11 Å². The standard InChI is InChI=1S/C13H17N3OS/c1-7-5-11(9(3)16-15-7)12(17)6-13-14-8(2)10(4)18-13/h5,12,17H,6H2,1-4H3. The molecule has 1 atom stereocenters. The van der Waals surface area contributed by atoms with Crippen LogP contribution in [0.25, 0.3) is 0 Å². The van der Waals surface area contributed by atoms with Gasteiger partial charge in [-0.1, -0.05) is 0 Å². The maximum Gasteiger partial charge on any atom is 0.0960 e. The summed E-state index contributed by atoms with van der Waals surface area (Å²) < 4.78 is 0. The normalized spacial score (nSPS) is 12.7. The molecule has 0 radical (unpaired) electrons. The first-order valence-electron chi connectivity index (χ1n) is 5.89. The Bertz CT molecular complexity index is 546. The lowest BCUT2D eigenvalue weighted by molar-refractivity contribution is 0.176. The molecule has 96 valence electrons. The molecule has 0 bridgehead atoms. The van der Waals surface area contributed by atoms with Crippen LogP contribution in [0.4, 0.5) is 0 Å². The molecule has 0 saturated carbocycles. The lowest BCUT2D eigenvalue weighted by atomic mass is 10.1. The van der Waals surface area contributed by atoms with Gasteiger partial charge in [0.05, 0.1) is 28.2 Å². The Kier molecular flexibility index (Phi) is 3.73. The topological polar surface area (TPSA) is 58.9 Å². The van der Waals surface area contributed by atoms with Crippen molar-refractivity contribution in [2.75, 3.05) is 0 Å². The van der Waals surface area contributed by atoms with Crippen molar-refractivity contribution < 1.29 is 5.11 Å². The molecule has 0 aliphatic heterocycles. The fourth-order valence-electron chi connectivity index (χ4n) is 1.81. The molecular formula is C13H17N3OS.